The van der Waals surface area contributed by atoms with Gasteiger partial charge in [-0.1, -0.05) is 5.21 Å². The van der Waals surface area contributed by atoms with Gasteiger partial charge in [0.05, 0.1) is 30.2 Å². The number of aryl methyl sites for hydroxylation is 1. The molecule has 0 atom stereocenters. The number of fused-ring (bicyclic) bond motifs is 1. The number of amides is 1. The summed E-state index contributed by atoms with van der Waals surface area (Å²) in [6.07, 6.45) is 1.73. The molecular weight excluding hydrogens is 332 g/mol. The predicted octanol–water partition coefficient (Wildman–Crippen LogP) is 2.71. The Morgan fingerprint density at radius 1 is 1.19 bits per heavy atom. The fourth-order valence-corrected chi connectivity index (χ4v) is 2.73. The number of carbonyl (C=O) groups is 1. The van der Waals surface area contributed by atoms with Crippen LogP contribution in [0.2, 0.25) is 0 Å². The highest BCUT2D eigenvalue weighted by Gasteiger charge is 2.19. The Morgan fingerprint density at radius 3 is 2.77 bits per heavy atom. The quantitative estimate of drug-likeness (QED) is 0.591. The molecule has 0 unspecified atom stereocenters. The summed E-state index contributed by atoms with van der Waals surface area (Å²) in [6.45, 7) is 1.75. The van der Waals surface area contributed by atoms with E-state index in [0.29, 0.717) is 17.1 Å². The smallest absolute Gasteiger partial charge is 0.276 e. The van der Waals surface area contributed by atoms with Gasteiger partial charge in [-0.3, -0.25) is 9.89 Å². The zero-order valence-electron chi connectivity index (χ0n) is 14.2. The number of hydrogen-bond acceptors (Lipinski definition) is 5. The van der Waals surface area contributed by atoms with E-state index in [-0.39, 0.29) is 5.91 Å². The molecule has 2 aromatic carbocycles. The normalized spacial score (nSPS) is 10.8. The van der Waals surface area contributed by atoms with E-state index in [0.717, 1.165) is 22.3 Å². The lowest BCUT2D eigenvalue weighted by Crippen LogP contribution is -2.18. The Bertz CT molecular complexity index is 1080. The number of nitrogens with one attached hydrogen (secondary N) is 2. The first-order valence-electron chi connectivity index (χ1n) is 7.97. The Morgan fingerprint density at radius 2 is 2.00 bits per heavy atom. The molecule has 2 N–H and O–H groups in total. The number of nitrogens with zero attached hydrogens (tertiary/aromatic N) is 4. The predicted molar refractivity (Wildman–Crippen MR) is 96.7 cm³/mol. The number of methoxy groups -OCH3 is 1. The minimum Gasteiger partial charge on any atom is -0.497 e. The number of benzene rings is 2. The van der Waals surface area contributed by atoms with Crippen molar-refractivity contribution in [1.29, 1.82) is 0 Å². The first kappa shape index (κ1) is 15.8. The van der Waals surface area contributed by atoms with E-state index in [9.17, 15) is 4.79 Å². The van der Waals surface area contributed by atoms with Crippen molar-refractivity contribution in [3.63, 3.8) is 0 Å². The van der Waals surface area contributed by atoms with Crippen LogP contribution in [0.15, 0.2) is 48.7 Å². The molecule has 0 aliphatic heterocycles. The molecule has 0 saturated carbocycles. The van der Waals surface area contributed by atoms with Crippen LogP contribution in [0.5, 0.6) is 5.75 Å². The van der Waals surface area contributed by atoms with Gasteiger partial charge in [0, 0.05) is 11.1 Å². The lowest BCUT2D eigenvalue weighted by molar-refractivity contribution is 0.101. The molecule has 0 aliphatic rings. The summed E-state index contributed by atoms with van der Waals surface area (Å²) >= 11 is 0. The van der Waals surface area contributed by atoms with E-state index in [1.54, 1.807) is 32.4 Å². The molecule has 2 aromatic heterocycles. The maximum atomic E-state index is 12.8. The Kier molecular flexibility index (Phi) is 3.85. The van der Waals surface area contributed by atoms with Crippen LogP contribution in [0.3, 0.4) is 0 Å². The van der Waals surface area contributed by atoms with Gasteiger partial charge >= 0.3 is 0 Å². The second kappa shape index (κ2) is 6.32. The fourth-order valence-electron chi connectivity index (χ4n) is 2.73. The monoisotopic (exact) mass is 348 g/mol. The third-order valence-corrected chi connectivity index (χ3v) is 4.07. The van der Waals surface area contributed by atoms with Gasteiger partial charge in [0.25, 0.3) is 5.91 Å². The topological polar surface area (TPSA) is 97.7 Å². The first-order chi connectivity index (χ1) is 12.7. The molecule has 8 heteroatoms. The number of hydrogen-bond donors (Lipinski definition) is 2. The molecule has 0 aliphatic carbocycles. The summed E-state index contributed by atoms with van der Waals surface area (Å²) < 4.78 is 6.68. The molecular formula is C18H16N6O2. The number of aromatic nitrogens is 5. The number of carbonyl (C=O) groups excluding carboxylic acids is 1. The number of aromatic amines is 1. The molecule has 130 valence electrons. The minimum atomic E-state index is -0.290. The van der Waals surface area contributed by atoms with E-state index in [2.05, 4.69) is 25.8 Å². The molecule has 4 aromatic rings. The van der Waals surface area contributed by atoms with Gasteiger partial charge < -0.3 is 10.1 Å². The highest BCUT2D eigenvalue weighted by atomic mass is 16.5. The maximum absolute atomic E-state index is 12.8. The van der Waals surface area contributed by atoms with Gasteiger partial charge in [-0.15, -0.1) is 5.10 Å². The molecule has 8 nitrogen and oxygen atoms in total. The van der Waals surface area contributed by atoms with Gasteiger partial charge in [0.2, 0.25) is 0 Å². The fraction of sp³-hybridized carbons (Fsp3) is 0.111. The zero-order valence-corrected chi connectivity index (χ0v) is 14.2. The zero-order chi connectivity index (χ0) is 18.1. The van der Waals surface area contributed by atoms with E-state index in [4.69, 9.17) is 4.74 Å². The standard InChI is InChI=1S/C18H16N6O2/c1-11-17(24(23-21-11)14-5-7-15(26-2)8-6-14)18(25)20-13-4-3-12-10-19-22-16(12)9-13/h3-10H,1-2H3,(H,19,22)(H,20,25). The molecule has 0 bridgehead atoms. The van der Waals surface area contributed by atoms with Crippen molar-refractivity contribution in [2.75, 3.05) is 12.4 Å². The van der Waals surface area contributed by atoms with Crippen molar-refractivity contribution in [2.24, 2.45) is 0 Å². The number of ether oxygens (including phenoxy) is 1. The van der Waals surface area contributed by atoms with Crippen LogP contribution in [0.1, 0.15) is 16.2 Å². The SMILES string of the molecule is COc1ccc(-n2nnc(C)c2C(=O)Nc2ccc3cn[nH]c3c2)cc1. The summed E-state index contributed by atoms with van der Waals surface area (Å²) in [5.74, 6) is 0.437. The molecule has 2 heterocycles. The van der Waals surface area contributed by atoms with Crippen LogP contribution in [-0.4, -0.2) is 38.2 Å². The Labute approximate surface area is 148 Å². The summed E-state index contributed by atoms with van der Waals surface area (Å²) in [5, 5.41) is 18.9. The molecule has 0 radical (unpaired) electrons. The Hall–Kier alpha value is -3.68. The molecule has 0 spiro atoms. The van der Waals surface area contributed by atoms with Gasteiger partial charge in [0.1, 0.15) is 5.75 Å². The van der Waals surface area contributed by atoms with Gasteiger partial charge in [-0.25, -0.2) is 4.68 Å². The maximum Gasteiger partial charge on any atom is 0.276 e. The lowest BCUT2D eigenvalue weighted by atomic mass is 10.2. The summed E-state index contributed by atoms with van der Waals surface area (Å²) in [6, 6.07) is 12.8. The summed E-state index contributed by atoms with van der Waals surface area (Å²) in [7, 11) is 1.60. The van der Waals surface area contributed by atoms with Crippen molar-refractivity contribution < 1.29 is 9.53 Å². The largest absolute Gasteiger partial charge is 0.497 e. The average molecular weight is 348 g/mol. The molecule has 0 saturated heterocycles. The van der Waals surface area contributed by atoms with Crippen LogP contribution in [0.4, 0.5) is 5.69 Å². The van der Waals surface area contributed by atoms with Gasteiger partial charge in [-0.2, -0.15) is 5.10 Å². The third-order valence-electron chi connectivity index (χ3n) is 4.07. The van der Waals surface area contributed by atoms with Crippen molar-refractivity contribution >= 4 is 22.5 Å². The number of H-pyrrole nitrogens is 1. The minimum absolute atomic E-state index is 0.290. The molecule has 1 amide bonds. The van der Waals surface area contributed by atoms with Crippen LogP contribution in [0.25, 0.3) is 16.6 Å². The third kappa shape index (κ3) is 2.77. The van der Waals surface area contributed by atoms with E-state index in [1.165, 1.54) is 4.68 Å². The second-order valence-corrected chi connectivity index (χ2v) is 5.76. The van der Waals surface area contributed by atoms with Crippen LogP contribution < -0.4 is 10.1 Å². The van der Waals surface area contributed by atoms with E-state index in [1.807, 2.05) is 30.3 Å². The van der Waals surface area contributed by atoms with E-state index < -0.39 is 0 Å². The molecule has 26 heavy (non-hydrogen) atoms. The van der Waals surface area contributed by atoms with Crippen molar-refractivity contribution in [2.45, 2.75) is 6.92 Å². The van der Waals surface area contributed by atoms with Gasteiger partial charge in [-0.05, 0) is 49.4 Å². The number of anilines is 1. The van der Waals surface area contributed by atoms with Crippen molar-refractivity contribution in [1.82, 2.24) is 25.2 Å². The van der Waals surface area contributed by atoms with Crippen LogP contribution in [0, 0.1) is 6.92 Å². The van der Waals surface area contributed by atoms with Crippen molar-refractivity contribution in [3.05, 3.63) is 60.0 Å². The molecule has 0 fully saturated rings. The second-order valence-electron chi connectivity index (χ2n) is 5.76. The highest BCUT2D eigenvalue weighted by molar-refractivity contribution is 6.04. The molecule has 4 rings (SSSR count). The van der Waals surface area contributed by atoms with Gasteiger partial charge in [0.15, 0.2) is 5.69 Å². The van der Waals surface area contributed by atoms with Crippen LogP contribution in [-0.2, 0) is 0 Å². The first-order valence-corrected chi connectivity index (χ1v) is 7.97. The van der Waals surface area contributed by atoms with Crippen LogP contribution >= 0.6 is 0 Å². The lowest BCUT2D eigenvalue weighted by Gasteiger charge is -2.09. The Balaban J connectivity index is 1.65. The highest BCUT2D eigenvalue weighted by Crippen LogP contribution is 2.20. The summed E-state index contributed by atoms with van der Waals surface area (Å²) in [4.78, 5) is 12.8. The van der Waals surface area contributed by atoms with E-state index >= 15 is 0 Å². The average Bonchev–Trinajstić information content (AvgIpc) is 3.27. The van der Waals surface area contributed by atoms with Crippen molar-refractivity contribution in [3.8, 4) is 11.4 Å². The summed E-state index contributed by atoms with van der Waals surface area (Å²) in [5.41, 5.74) is 3.15. The number of rotatable bonds is 4.